The molecule has 1 aliphatic heterocycles. The van der Waals surface area contributed by atoms with E-state index in [9.17, 15) is 14.7 Å². The lowest BCUT2D eigenvalue weighted by atomic mass is 10.0. The van der Waals surface area contributed by atoms with E-state index in [0.717, 1.165) is 10.5 Å². The molecule has 1 saturated heterocycles. The third-order valence-corrected chi connectivity index (χ3v) is 13.4. The molecule has 1 heterocycles. The molecule has 8 nitrogen and oxygen atoms in total. The van der Waals surface area contributed by atoms with Crippen molar-refractivity contribution in [2.45, 2.75) is 76.2 Å². The largest absolute Gasteiger partial charge is 0.447 e. The molecule has 45 heavy (non-hydrogen) atoms. The second-order valence-electron chi connectivity index (χ2n) is 12.6. The Morgan fingerprint density at radius 3 is 2.07 bits per heavy atom. The lowest BCUT2D eigenvalue weighted by Crippen LogP contribution is -2.66. The van der Waals surface area contributed by atoms with Crippen molar-refractivity contribution in [2.24, 2.45) is 0 Å². The van der Waals surface area contributed by atoms with Gasteiger partial charge < -0.3 is 23.7 Å². The number of aliphatic hydroxyl groups is 1. The molecule has 242 valence electrons. The van der Waals surface area contributed by atoms with Crippen LogP contribution in [0.4, 0.5) is 4.79 Å². The lowest BCUT2D eigenvalue weighted by Gasteiger charge is -2.43. The zero-order valence-corrected chi connectivity index (χ0v) is 27.9. The number of nitrogens with zero attached hydrogens (tertiary/aromatic N) is 1. The summed E-state index contributed by atoms with van der Waals surface area (Å²) in [6.45, 7) is 7.46. The second kappa shape index (κ2) is 16.3. The van der Waals surface area contributed by atoms with Gasteiger partial charge in [-0.3, -0.25) is 4.79 Å². The minimum absolute atomic E-state index is 0.116. The summed E-state index contributed by atoms with van der Waals surface area (Å²) >= 11 is 0. The van der Waals surface area contributed by atoms with Gasteiger partial charge in [0.05, 0.1) is 12.1 Å². The Kier molecular flexibility index (Phi) is 12.5. The van der Waals surface area contributed by atoms with Gasteiger partial charge in [-0.1, -0.05) is 112 Å². The van der Waals surface area contributed by atoms with Crippen LogP contribution in [0.5, 0.6) is 0 Å². The topological polar surface area (TPSA) is 94.5 Å². The summed E-state index contributed by atoms with van der Waals surface area (Å²) in [5, 5.41) is 13.1. The Morgan fingerprint density at radius 1 is 0.933 bits per heavy atom. The molecule has 4 rings (SSSR count). The zero-order valence-electron chi connectivity index (χ0n) is 26.9. The number of rotatable bonds is 16. The quantitative estimate of drug-likeness (QED) is 0.174. The first-order valence-electron chi connectivity index (χ1n) is 15.7. The number of ether oxygens (including phenoxy) is 3. The molecule has 3 aromatic carbocycles. The molecular formula is C36H47NO7Si. The highest BCUT2D eigenvalue weighted by molar-refractivity contribution is 6.99. The van der Waals surface area contributed by atoms with Crippen LogP contribution in [0.25, 0.3) is 0 Å². The maximum absolute atomic E-state index is 13.2. The van der Waals surface area contributed by atoms with E-state index in [4.69, 9.17) is 18.6 Å². The van der Waals surface area contributed by atoms with Gasteiger partial charge in [0.15, 0.2) is 0 Å². The van der Waals surface area contributed by atoms with Crippen molar-refractivity contribution in [1.82, 2.24) is 4.90 Å². The highest BCUT2D eigenvalue weighted by Crippen LogP contribution is 2.37. The van der Waals surface area contributed by atoms with Crippen LogP contribution < -0.4 is 10.4 Å². The SMILES string of the molecule is COCO[C@H](CCC[C@@H](O)C(=O)N1C(=O)OC[C@H]1Cc1ccccc1)CCO[Si](c1ccccc1)(c1ccccc1)C(C)(C)C. The Balaban J connectivity index is 1.38. The monoisotopic (exact) mass is 633 g/mol. The number of imide groups is 1. The number of hydrogen-bond donors (Lipinski definition) is 1. The van der Waals surface area contributed by atoms with Crippen LogP contribution in [0.3, 0.4) is 0 Å². The molecule has 0 aromatic heterocycles. The van der Waals surface area contributed by atoms with E-state index in [1.165, 1.54) is 10.4 Å². The lowest BCUT2D eigenvalue weighted by molar-refractivity contribution is -0.138. The van der Waals surface area contributed by atoms with Gasteiger partial charge in [0, 0.05) is 13.7 Å². The van der Waals surface area contributed by atoms with Gasteiger partial charge in [-0.05, 0) is 53.1 Å². The molecule has 2 amide bonds. The van der Waals surface area contributed by atoms with Crippen LogP contribution in [0, 0.1) is 0 Å². The second-order valence-corrected chi connectivity index (χ2v) is 16.9. The van der Waals surface area contributed by atoms with E-state index in [-0.39, 0.29) is 31.0 Å². The smallest absolute Gasteiger partial charge is 0.417 e. The normalized spacial score (nSPS) is 16.8. The van der Waals surface area contributed by atoms with E-state index < -0.39 is 32.5 Å². The number of carbonyl (C=O) groups excluding carboxylic acids is 2. The van der Waals surface area contributed by atoms with Crippen molar-refractivity contribution in [3.63, 3.8) is 0 Å². The van der Waals surface area contributed by atoms with Crippen molar-refractivity contribution in [3.05, 3.63) is 96.6 Å². The summed E-state index contributed by atoms with van der Waals surface area (Å²) in [6, 6.07) is 30.2. The standard InChI is InChI=1S/C36H47NO7Si/c1-36(2,3)45(31-18-10-6-11-19-31,32-20-12-7-13-21-32)44-24-23-30(43-27-41-4)17-14-22-33(38)34(39)37-29(26-42-35(37)40)25-28-15-8-5-9-16-28/h5-13,15-16,18-21,29-30,33,38H,14,17,22-27H2,1-4H3/t29-,30-,33-/m1/s1. The first-order chi connectivity index (χ1) is 21.7. The summed E-state index contributed by atoms with van der Waals surface area (Å²) in [5.74, 6) is -0.622. The average molecular weight is 634 g/mol. The molecule has 0 unspecified atom stereocenters. The molecule has 3 aromatic rings. The van der Waals surface area contributed by atoms with E-state index in [2.05, 4.69) is 69.3 Å². The van der Waals surface area contributed by atoms with Gasteiger partial charge in [0.1, 0.15) is 19.5 Å². The number of methoxy groups -OCH3 is 1. The van der Waals surface area contributed by atoms with Crippen LogP contribution in [-0.4, -0.2) is 75.7 Å². The fraction of sp³-hybridized carbons (Fsp3) is 0.444. The number of aliphatic hydroxyl groups excluding tert-OH is 1. The van der Waals surface area contributed by atoms with Gasteiger partial charge in [0.25, 0.3) is 14.2 Å². The third kappa shape index (κ3) is 8.68. The molecule has 1 fully saturated rings. The molecule has 0 saturated carbocycles. The molecule has 0 aliphatic carbocycles. The predicted molar refractivity (Wildman–Crippen MR) is 177 cm³/mol. The van der Waals surface area contributed by atoms with Crippen LogP contribution in [-0.2, 0) is 29.9 Å². The molecule has 1 aliphatic rings. The molecule has 0 bridgehead atoms. The van der Waals surface area contributed by atoms with E-state index >= 15 is 0 Å². The fourth-order valence-electron chi connectivity index (χ4n) is 6.17. The first kappa shape index (κ1) is 34.5. The van der Waals surface area contributed by atoms with E-state index in [1.807, 2.05) is 42.5 Å². The summed E-state index contributed by atoms with van der Waals surface area (Å²) in [5.41, 5.74) is 0.992. The molecule has 0 radical (unpaired) electrons. The van der Waals surface area contributed by atoms with Crippen molar-refractivity contribution in [3.8, 4) is 0 Å². The average Bonchev–Trinajstić information content (AvgIpc) is 3.40. The minimum atomic E-state index is -2.69. The number of cyclic esters (lactones) is 1. The number of carbonyl (C=O) groups is 2. The molecule has 0 spiro atoms. The maximum Gasteiger partial charge on any atom is 0.417 e. The van der Waals surface area contributed by atoms with Gasteiger partial charge in [-0.25, -0.2) is 9.69 Å². The molecular weight excluding hydrogens is 586 g/mol. The summed E-state index contributed by atoms with van der Waals surface area (Å²) < 4.78 is 23.4. The third-order valence-electron chi connectivity index (χ3n) is 8.40. The van der Waals surface area contributed by atoms with Gasteiger partial charge >= 0.3 is 6.09 Å². The van der Waals surface area contributed by atoms with Gasteiger partial charge in [-0.15, -0.1) is 0 Å². The van der Waals surface area contributed by atoms with Crippen LogP contribution >= 0.6 is 0 Å². The Labute approximate surface area is 268 Å². The highest BCUT2D eigenvalue weighted by atomic mass is 28.4. The molecule has 3 atom stereocenters. The summed E-state index contributed by atoms with van der Waals surface area (Å²) in [7, 11) is -1.11. The van der Waals surface area contributed by atoms with E-state index in [1.54, 1.807) is 7.11 Å². The van der Waals surface area contributed by atoms with Crippen molar-refractivity contribution >= 4 is 30.7 Å². The minimum Gasteiger partial charge on any atom is -0.447 e. The molecule has 1 N–H and O–H groups in total. The number of benzene rings is 3. The Bertz CT molecular complexity index is 1290. The first-order valence-corrected chi connectivity index (χ1v) is 17.7. The Hall–Kier alpha value is -3.34. The fourth-order valence-corrected chi connectivity index (χ4v) is 10.7. The predicted octanol–water partition coefficient (Wildman–Crippen LogP) is 5.06. The van der Waals surface area contributed by atoms with Crippen molar-refractivity contribution < 1.29 is 33.3 Å². The summed E-state index contributed by atoms with van der Waals surface area (Å²) in [6.07, 6.45) is 0.185. The Morgan fingerprint density at radius 2 is 1.51 bits per heavy atom. The van der Waals surface area contributed by atoms with Crippen molar-refractivity contribution in [2.75, 3.05) is 27.1 Å². The maximum atomic E-state index is 13.2. The summed E-state index contributed by atoms with van der Waals surface area (Å²) in [4.78, 5) is 26.7. The zero-order chi connectivity index (χ0) is 32.3. The molecule has 9 heteroatoms. The van der Waals surface area contributed by atoms with Crippen molar-refractivity contribution in [1.29, 1.82) is 0 Å². The number of amides is 2. The van der Waals surface area contributed by atoms with Gasteiger partial charge in [-0.2, -0.15) is 0 Å². The van der Waals surface area contributed by atoms with Crippen LogP contribution in [0.15, 0.2) is 91.0 Å². The van der Waals surface area contributed by atoms with E-state index in [0.29, 0.717) is 32.3 Å². The highest BCUT2D eigenvalue weighted by Gasteiger charge is 2.50. The van der Waals surface area contributed by atoms with Crippen LogP contribution in [0.2, 0.25) is 5.04 Å². The van der Waals surface area contributed by atoms with Crippen LogP contribution in [0.1, 0.15) is 52.0 Å². The number of hydrogen-bond acceptors (Lipinski definition) is 7. The van der Waals surface area contributed by atoms with Gasteiger partial charge in [0.2, 0.25) is 0 Å².